The monoisotopic (exact) mass is 630 g/mol. The molecule has 0 radical (unpaired) electrons. The fraction of sp³-hybridized carbons (Fsp3) is 0. The molecule has 0 atom stereocenters. The average molecular weight is 631 g/mol. The molecule has 10 aromatic rings. The summed E-state index contributed by atoms with van der Waals surface area (Å²) in [6.45, 7) is 0. The van der Waals surface area contributed by atoms with E-state index in [4.69, 9.17) is 14.4 Å². The third-order valence-corrected chi connectivity index (χ3v) is 10.5. The van der Waals surface area contributed by atoms with Gasteiger partial charge in [-0.1, -0.05) is 133 Å². The Morgan fingerprint density at radius 1 is 0.479 bits per heavy atom. The minimum absolute atomic E-state index is 0.718. The molecule has 4 heteroatoms. The molecule has 0 unspecified atom stereocenters. The van der Waals surface area contributed by atoms with Gasteiger partial charge in [-0.3, -0.25) is 0 Å². The van der Waals surface area contributed by atoms with Gasteiger partial charge in [-0.25, -0.2) is 9.97 Å². The molecule has 48 heavy (non-hydrogen) atoms. The molecule has 10 rings (SSSR count). The Labute approximate surface area is 280 Å². The first-order chi connectivity index (χ1) is 23.8. The van der Waals surface area contributed by atoms with Crippen LogP contribution >= 0.6 is 11.3 Å². The minimum Gasteiger partial charge on any atom is -0.455 e. The number of benzene rings is 7. The number of thiophene rings is 1. The fourth-order valence-corrected chi connectivity index (χ4v) is 8.15. The van der Waals surface area contributed by atoms with Crippen LogP contribution in [-0.2, 0) is 0 Å². The van der Waals surface area contributed by atoms with Gasteiger partial charge in [-0.15, -0.1) is 11.3 Å². The maximum Gasteiger partial charge on any atom is 0.160 e. The predicted molar refractivity (Wildman–Crippen MR) is 201 cm³/mol. The molecule has 0 N–H and O–H groups in total. The number of rotatable bonds is 4. The lowest BCUT2D eigenvalue weighted by Gasteiger charge is -2.09. The maximum absolute atomic E-state index is 6.74. The second-order valence-electron chi connectivity index (χ2n) is 12.1. The summed E-state index contributed by atoms with van der Waals surface area (Å²) in [5, 5.41) is 5.65. The van der Waals surface area contributed by atoms with Gasteiger partial charge in [-0.05, 0) is 51.7 Å². The van der Waals surface area contributed by atoms with E-state index in [-0.39, 0.29) is 0 Å². The van der Waals surface area contributed by atoms with Crippen LogP contribution in [0.1, 0.15) is 0 Å². The Hall–Kier alpha value is -6.10. The molecular formula is C44H26N2OS. The number of hydrogen-bond donors (Lipinski definition) is 0. The zero-order valence-corrected chi connectivity index (χ0v) is 26.5. The lowest BCUT2D eigenvalue weighted by molar-refractivity contribution is 0.670. The summed E-state index contributed by atoms with van der Waals surface area (Å²) >= 11 is 1.75. The molecule has 0 aliphatic heterocycles. The van der Waals surface area contributed by atoms with E-state index < -0.39 is 0 Å². The summed E-state index contributed by atoms with van der Waals surface area (Å²) < 4.78 is 9.02. The van der Waals surface area contributed by atoms with Gasteiger partial charge in [0.2, 0.25) is 0 Å². The van der Waals surface area contributed by atoms with Crippen LogP contribution in [0.25, 0.3) is 97.9 Å². The molecule has 7 aromatic carbocycles. The third kappa shape index (κ3) is 4.27. The number of fused-ring (bicyclic) bond motifs is 7. The lowest BCUT2D eigenvalue weighted by Crippen LogP contribution is -1.94. The Morgan fingerprint density at radius 3 is 2.15 bits per heavy atom. The Morgan fingerprint density at radius 2 is 1.21 bits per heavy atom. The van der Waals surface area contributed by atoms with Crippen molar-refractivity contribution in [3.63, 3.8) is 0 Å². The van der Waals surface area contributed by atoms with Gasteiger partial charge >= 0.3 is 0 Å². The van der Waals surface area contributed by atoms with Crippen molar-refractivity contribution in [3.8, 4) is 44.9 Å². The Kier molecular flexibility index (Phi) is 6.05. The number of nitrogens with zero attached hydrogens (tertiary/aromatic N) is 2. The van der Waals surface area contributed by atoms with E-state index in [1.54, 1.807) is 11.3 Å². The summed E-state index contributed by atoms with van der Waals surface area (Å²) in [4.78, 5) is 10.6. The summed E-state index contributed by atoms with van der Waals surface area (Å²) in [6, 6.07) is 55.4. The van der Waals surface area contributed by atoms with Crippen LogP contribution in [0.4, 0.5) is 0 Å². The first kappa shape index (κ1) is 27.1. The number of hydrogen-bond acceptors (Lipinski definition) is 4. The summed E-state index contributed by atoms with van der Waals surface area (Å²) in [5.74, 6) is 0.718. The van der Waals surface area contributed by atoms with E-state index in [2.05, 4.69) is 158 Å². The van der Waals surface area contributed by atoms with Crippen molar-refractivity contribution in [2.24, 2.45) is 0 Å². The first-order valence-electron chi connectivity index (χ1n) is 16.1. The van der Waals surface area contributed by atoms with Gasteiger partial charge in [0.15, 0.2) is 5.82 Å². The molecule has 0 fully saturated rings. The molecular weight excluding hydrogens is 605 g/mol. The topological polar surface area (TPSA) is 38.9 Å². The zero-order valence-electron chi connectivity index (χ0n) is 25.7. The van der Waals surface area contributed by atoms with Gasteiger partial charge in [0.25, 0.3) is 0 Å². The van der Waals surface area contributed by atoms with Crippen LogP contribution in [0.2, 0.25) is 0 Å². The van der Waals surface area contributed by atoms with Crippen molar-refractivity contribution in [2.45, 2.75) is 0 Å². The molecule has 3 nitrogen and oxygen atoms in total. The predicted octanol–water partition coefficient (Wildman–Crippen LogP) is 12.6. The van der Waals surface area contributed by atoms with Crippen molar-refractivity contribution >= 4 is 64.4 Å². The highest BCUT2D eigenvalue weighted by atomic mass is 32.1. The fourth-order valence-electron chi connectivity index (χ4n) is 7.00. The van der Waals surface area contributed by atoms with Gasteiger partial charge in [0.1, 0.15) is 11.2 Å². The van der Waals surface area contributed by atoms with E-state index in [9.17, 15) is 0 Å². The molecule has 3 heterocycles. The van der Waals surface area contributed by atoms with Gasteiger partial charge in [-0.2, -0.15) is 0 Å². The van der Waals surface area contributed by atoms with Gasteiger partial charge in [0.05, 0.1) is 15.9 Å². The Bertz CT molecular complexity index is 2850. The zero-order chi connectivity index (χ0) is 31.6. The molecule has 0 aliphatic carbocycles. The smallest absolute Gasteiger partial charge is 0.160 e. The van der Waals surface area contributed by atoms with Crippen molar-refractivity contribution in [2.75, 3.05) is 0 Å². The molecule has 0 saturated carbocycles. The maximum atomic E-state index is 6.74. The highest BCUT2D eigenvalue weighted by Gasteiger charge is 2.21. The molecule has 0 bridgehead atoms. The van der Waals surface area contributed by atoms with E-state index in [1.165, 1.54) is 26.6 Å². The molecule has 0 spiro atoms. The Balaban J connectivity index is 1.22. The largest absolute Gasteiger partial charge is 0.455 e. The average Bonchev–Trinajstić information content (AvgIpc) is 3.73. The quantitative estimate of drug-likeness (QED) is 0.194. The van der Waals surface area contributed by atoms with Gasteiger partial charge < -0.3 is 4.42 Å². The van der Waals surface area contributed by atoms with Gasteiger partial charge in [0, 0.05) is 37.5 Å². The standard InChI is InChI=1S/C44H26N2OS/c1-2-11-27(12-3-1)30-15-8-16-31(25-30)33-18-9-20-36-39-35(19-10-21-37(39)47-42(33)36)41-43-40(34-17-6-7-22-38(34)48-43)45-44(46-41)32-24-23-28-13-4-5-14-29(28)26-32/h1-26H. The van der Waals surface area contributed by atoms with Crippen LogP contribution in [0.3, 0.4) is 0 Å². The second kappa shape index (κ2) is 10.7. The molecule has 3 aromatic heterocycles. The van der Waals surface area contributed by atoms with Crippen molar-refractivity contribution in [3.05, 3.63) is 158 Å². The first-order valence-corrected chi connectivity index (χ1v) is 16.9. The minimum atomic E-state index is 0.718. The number of aromatic nitrogens is 2. The van der Waals surface area contributed by atoms with Crippen molar-refractivity contribution < 1.29 is 4.42 Å². The molecule has 0 saturated heterocycles. The molecule has 0 amide bonds. The summed E-state index contributed by atoms with van der Waals surface area (Å²) in [5.41, 5.74) is 10.2. The van der Waals surface area contributed by atoms with Crippen LogP contribution in [0.15, 0.2) is 162 Å². The summed E-state index contributed by atoms with van der Waals surface area (Å²) in [7, 11) is 0. The molecule has 224 valence electrons. The lowest BCUT2D eigenvalue weighted by atomic mass is 9.96. The van der Waals surface area contributed by atoms with Crippen LogP contribution in [0.5, 0.6) is 0 Å². The second-order valence-corrected chi connectivity index (χ2v) is 13.2. The highest BCUT2D eigenvalue weighted by Crippen LogP contribution is 2.45. The van der Waals surface area contributed by atoms with Crippen molar-refractivity contribution in [1.29, 1.82) is 0 Å². The number of furan rings is 1. The van der Waals surface area contributed by atoms with E-state index in [0.29, 0.717) is 0 Å². The summed E-state index contributed by atoms with van der Waals surface area (Å²) in [6.07, 6.45) is 0. The number of para-hydroxylation sites is 1. The molecule has 0 aliphatic rings. The van der Waals surface area contributed by atoms with E-state index >= 15 is 0 Å². The normalized spacial score (nSPS) is 11.8. The van der Waals surface area contributed by atoms with Crippen LogP contribution in [0, 0.1) is 0 Å². The van der Waals surface area contributed by atoms with E-state index in [0.717, 1.165) is 71.3 Å². The van der Waals surface area contributed by atoms with Crippen molar-refractivity contribution in [1.82, 2.24) is 9.97 Å². The third-order valence-electron chi connectivity index (χ3n) is 9.29. The van der Waals surface area contributed by atoms with Crippen LogP contribution < -0.4 is 0 Å². The van der Waals surface area contributed by atoms with Crippen LogP contribution in [-0.4, -0.2) is 9.97 Å². The van der Waals surface area contributed by atoms with E-state index in [1.807, 2.05) is 0 Å². The SMILES string of the molecule is c1ccc(-c2cccc(-c3cccc4c3oc3cccc(-c5nc(-c6ccc7ccccc7c6)nc6c5sc5ccccc56)c34)c2)cc1. The highest BCUT2D eigenvalue weighted by molar-refractivity contribution is 7.26.